The van der Waals surface area contributed by atoms with E-state index in [4.69, 9.17) is 32.7 Å². The molecule has 1 aliphatic rings. The lowest BCUT2D eigenvalue weighted by Gasteiger charge is -2.16. The van der Waals surface area contributed by atoms with Gasteiger partial charge in [0.05, 0.1) is 21.0 Å². The van der Waals surface area contributed by atoms with Crippen molar-refractivity contribution in [2.24, 2.45) is 5.41 Å². The van der Waals surface area contributed by atoms with E-state index in [1.54, 1.807) is 57.2 Å². The Bertz CT molecular complexity index is 939. The number of allylic oxidation sites excluding steroid dienone is 1. The van der Waals surface area contributed by atoms with E-state index in [1.165, 1.54) is 6.07 Å². The number of halogens is 2. The molecule has 2 aromatic rings. The van der Waals surface area contributed by atoms with Crippen LogP contribution in [0, 0.1) is 5.41 Å². The van der Waals surface area contributed by atoms with Gasteiger partial charge in [-0.3, -0.25) is 9.59 Å². The standard InChI is InChI=1S/C20H16Cl2O4/c1-20(2,3)19(24)25-12-5-6-13-16(10-12)26-17(18(13)23)9-11-4-7-14(21)15(22)8-11/h4-10H,1-3H3/b17-9-. The summed E-state index contributed by atoms with van der Waals surface area (Å²) in [5.74, 6) is 0.221. The van der Waals surface area contributed by atoms with Gasteiger partial charge in [0.2, 0.25) is 5.78 Å². The Morgan fingerprint density at radius 2 is 1.81 bits per heavy atom. The minimum absolute atomic E-state index is 0.165. The first-order chi connectivity index (χ1) is 12.1. The van der Waals surface area contributed by atoms with Crippen LogP contribution in [-0.2, 0) is 4.79 Å². The van der Waals surface area contributed by atoms with Crippen molar-refractivity contribution in [3.8, 4) is 11.5 Å². The second kappa shape index (κ2) is 6.78. The molecule has 134 valence electrons. The zero-order valence-corrected chi connectivity index (χ0v) is 15.9. The van der Waals surface area contributed by atoms with Crippen molar-refractivity contribution in [2.45, 2.75) is 20.8 Å². The maximum Gasteiger partial charge on any atom is 0.316 e. The number of esters is 1. The van der Waals surface area contributed by atoms with Crippen molar-refractivity contribution in [3.63, 3.8) is 0 Å². The lowest BCUT2D eigenvalue weighted by molar-refractivity contribution is -0.143. The molecule has 0 aliphatic carbocycles. The molecule has 26 heavy (non-hydrogen) atoms. The van der Waals surface area contributed by atoms with E-state index >= 15 is 0 Å². The summed E-state index contributed by atoms with van der Waals surface area (Å²) in [6.07, 6.45) is 1.59. The van der Waals surface area contributed by atoms with Crippen molar-refractivity contribution in [1.82, 2.24) is 0 Å². The summed E-state index contributed by atoms with van der Waals surface area (Å²) < 4.78 is 11.0. The van der Waals surface area contributed by atoms with E-state index in [0.29, 0.717) is 32.7 Å². The molecule has 0 aromatic heterocycles. The van der Waals surface area contributed by atoms with Crippen LogP contribution in [-0.4, -0.2) is 11.8 Å². The highest BCUT2D eigenvalue weighted by atomic mass is 35.5. The highest BCUT2D eigenvalue weighted by Crippen LogP contribution is 2.36. The largest absolute Gasteiger partial charge is 0.452 e. The van der Waals surface area contributed by atoms with Crippen molar-refractivity contribution in [3.05, 3.63) is 63.3 Å². The van der Waals surface area contributed by atoms with Crippen LogP contribution in [0.5, 0.6) is 11.5 Å². The van der Waals surface area contributed by atoms with Crippen LogP contribution in [0.1, 0.15) is 36.7 Å². The number of hydrogen-bond acceptors (Lipinski definition) is 4. The van der Waals surface area contributed by atoms with Crippen molar-refractivity contribution >= 4 is 41.0 Å². The molecule has 0 spiro atoms. The fourth-order valence-corrected chi connectivity index (χ4v) is 2.55. The first kappa shape index (κ1) is 18.5. The minimum Gasteiger partial charge on any atom is -0.452 e. The fraction of sp³-hybridized carbons (Fsp3) is 0.200. The summed E-state index contributed by atoms with van der Waals surface area (Å²) in [7, 11) is 0. The predicted molar refractivity (Wildman–Crippen MR) is 101 cm³/mol. The van der Waals surface area contributed by atoms with Crippen LogP contribution in [0.3, 0.4) is 0 Å². The lowest BCUT2D eigenvalue weighted by Crippen LogP contribution is -2.25. The first-order valence-electron chi connectivity index (χ1n) is 7.91. The van der Waals surface area contributed by atoms with Gasteiger partial charge in [0, 0.05) is 6.07 Å². The van der Waals surface area contributed by atoms with Crippen molar-refractivity contribution in [1.29, 1.82) is 0 Å². The number of ether oxygens (including phenoxy) is 2. The summed E-state index contributed by atoms with van der Waals surface area (Å²) in [5, 5.41) is 0.821. The number of ketones is 1. The summed E-state index contributed by atoms with van der Waals surface area (Å²) in [6.45, 7) is 5.29. The summed E-state index contributed by atoms with van der Waals surface area (Å²) >= 11 is 11.9. The van der Waals surface area contributed by atoms with Crippen LogP contribution in [0.2, 0.25) is 10.0 Å². The van der Waals surface area contributed by atoms with Gasteiger partial charge < -0.3 is 9.47 Å². The van der Waals surface area contributed by atoms with Gasteiger partial charge in [0.15, 0.2) is 5.76 Å². The number of rotatable bonds is 2. The molecule has 3 rings (SSSR count). The minimum atomic E-state index is -0.630. The third kappa shape index (κ3) is 3.76. The Morgan fingerprint density at radius 3 is 2.46 bits per heavy atom. The molecule has 0 saturated carbocycles. The van der Waals surface area contributed by atoms with Gasteiger partial charge in [-0.1, -0.05) is 29.3 Å². The highest BCUT2D eigenvalue weighted by Gasteiger charge is 2.29. The van der Waals surface area contributed by atoms with E-state index in [9.17, 15) is 9.59 Å². The SMILES string of the molecule is CC(C)(C)C(=O)Oc1ccc2c(c1)O/C(=C\c1ccc(Cl)c(Cl)c1)C2=O. The van der Waals surface area contributed by atoms with Crippen LogP contribution in [0.25, 0.3) is 6.08 Å². The summed E-state index contributed by atoms with van der Waals surface area (Å²) in [5.41, 5.74) is 0.469. The van der Waals surface area contributed by atoms with Gasteiger partial charge >= 0.3 is 5.97 Å². The van der Waals surface area contributed by atoms with Crippen LogP contribution < -0.4 is 9.47 Å². The fourth-order valence-electron chi connectivity index (χ4n) is 2.24. The van der Waals surface area contributed by atoms with Gasteiger partial charge in [0.1, 0.15) is 11.5 Å². The van der Waals surface area contributed by atoms with Gasteiger partial charge in [-0.2, -0.15) is 0 Å². The molecule has 0 bridgehead atoms. The zero-order chi connectivity index (χ0) is 19.1. The number of carbonyl (C=O) groups is 2. The molecule has 0 N–H and O–H groups in total. The topological polar surface area (TPSA) is 52.6 Å². The number of fused-ring (bicyclic) bond motifs is 1. The molecule has 0 fully saturated rings. The second-order valence-corrected chi connectivity index (χ2v) is 7.73. The maximum absolute atomic E-state index is 12.5. The molecule has 0 amide bonds. The number of carbonyl (C=O) groups excluding carboxylic acids is 2. The molecular weight excluding hydrogens is 375 g/mol. The number of Topliss-reactive ketones (excluding diaryl/α,β-unsaturated/α-hetero) is 1. The molecule has 1 heterocycles. The molecule has 4 nitrogen and oxygen atoms in total. The second-order valence-electron chi connectivity index (χ2n) is 6.91. The number of benzene rings is 2. The molecule has 0 atom stereocenters. The monoisotopic (exact) mass is 390 g/mol. The maximum atomic E-state index is 12.5. The summed E-state index contributed by atoms with van der Waals surface area (Å²) in [6, 6.07) is 9.72. The Labute approximate surface area is 161 Å². The molecule has 0 saturated heterocycles. The van der Waals surface area contributed by atoms with Crippen LogP contribution >= 0.6 is 23.2 Å². The Morgan fingerprint density at radius 1 is 1.08 bits per heavy atom. The smallest absolute Gasteiger partial charge is 0.316 e. The predicted octanol–water partition coefficient (Wildman–Crippen LogP) is 5.56. The molecule has 6 heteroatoms. The van der Waals surface area contributed by atoms with Gasteiger partial charge in [0.25, 0.3) is 0 Å². The van der Waals surface area contributed by atoms with Crippen LogP contribution in [0.4, 0.5) is 0 Å². The Hall–Kier alpha value is -2.30. The van der Waals surface area contributed by atoms with Gasteiger partial charge in [-0.05, 0) is 56.7 Å². The Kier molecular flexibility index (Phi) is 4.82. The molecule has 0 radical (unpaired) electrons. The lowest BCUT2D eigenvalue weighted by atomic mass is 9.97. The third-order valence-corrected chi connectivity index (χ3v) is 4.44. The average Bonchev–Trinajstić information content (AvgIpc) is 2.85. The zero-order valence-electron chi connectivity index (χ0n) is 14.4. The van der Waals surface area contributed by atoms with E-state index in [2.05, 4.69) is 0 Å². The molecule has 2 aromatic carbocycles. The molecule has 0 unspecified atom stereocenters. The van der Waals surface area contributed by atoms with Gasteiger partial charge in [-0.15, -0.1) is 0 Å². The molecule has 1 aliphatic heterocycles. The Balaban J connectivity index is 1.86. The average molecular weight is 391 g/mol. The normalized spacial score (nSPS) is 15.0. The van der Waals surface area contributed by atoms with E-state index in [-0.39, 0.29) is 17.5 Å². The van der Waals surface area contributed by atoms with Crippen molar-refractivity contribution in [2.75, 3.05) is 0 Å². The van der Waals surface area contributed by atoms with E-state index in [1.807, 2.05) is 0 Å². The van der Waals surface area contributed by atoms with E-state index < -0.39 is 5.41 Å². The number of hydrogen-bond donors (Lipinski definition) is 0. The molecular formula is C20H16Cl2O4. The van der Waals surface area contributed by atoms with E-state index in [0.717, 1.165) is 0 Å². The van der Waals surface area contributed by atoms with Crippen molar-refractivity contribution < 1.29 is 19.1 Å². The summed E-state index contributed by atoms with van der Waals surface area (Å²) in [4.78, 5) is 24.5. The van der Waals surface area contributed by atoms with Gasteiger partial charge in [-0.25, -0.2) is 0 Å². The third-order valence-electron chi connectivity index (χ3n) is 3.71. The van der Waals surface area contributed by atoms with Crippen LogP contribution in [0.15, 0.2) is 42.2 Å². The first-order valence-corrected chi connectivity index (χ1v) is 8.66. The quantitative estimate of drug-likeness (QED) is 0.382. The highest BCUT2D eigenvalue weighted by molar-refractivity contribution is 6.42.